The zero-order valence-electron chi connectivity index (χ0n) is 33.2. The van der Waals surface area contributed by atoms with Crippen LogP contribution in [-0.2, 0) is 0 Å². The van der Waals surface area contributed by atoms with Crippen LogP contribution in [0, 0.1) is 0 Å². The molecule has 0 atom stereocenters. The van der Waals surface area contributed by atoms with E-state index in [0.717, 1.165) is 39.0 Å². The number of benzene rings is 10. The summed E-state index contributed by atoms with van der Waals surface area (Å²) in [5, 5.41) is 8.39. The zero-order valence-corrected chi connectivity index (χ0v) is 33.2. The third-order valence-electron chi connectivity index (χ3n) is 12.2. The molecule has 0 bridgehead atoms. The lowest BCUT2D eigenvalue weighted by molar-refractivity contribution is 1.17. The van der Waals surface area contributed by atoms with Crippen LogP contribution < -0.4 is 0 Å². The summed E-state index contributed by atoms with van der Waals surface area (Å²) >= 11 is 0. The van der Waals surface area contributed by atoms with Crippen molar-refractivity contribution in [2.45, 2.75) is 0 Å². The van der Waals surface area contributed by atoms with Gasteiger partial charge < -0.3 is 4.57 Å². The van der Waals surface area contributed by atoms with Crippen LogP contribution in [0.5, 0.6) is 0 Å². The molecule has 61 heavy (non-hydrogen) atoms. The molecule has 0 N–H and O–H groups in total. The molecule has 3 nitrogen and oxygen atoms in total. The van der Waals surface area contributed by atoms with E-state index in [4.69, 9.17) is 9.97 Å². The van der Waals surface area contributed by atoms with Crippen molar-refractivity contribution in [2.75, 3.05) is 0 Å². The van der Waals surface area contributed by atoms with Gasteiger partial charge >= 0.3 is 0 Å². The van der Waals surface area contributed by atoms with E-state index >= 15 is 0 Å². The van der Waals surface area contributed by atoms with E-state index in [1.807, 2.05) is 0 Å². The highest BCUT2D eigenvalue weighted by atomic mass is 15.0. The predicted molar refractivity (Wildman–Crippen MR) is 256 cm³/mol. The Morgan fingerprint density at radius 3 is 1.52 bits per heavy atom. The molecule has 12 rings (SSSR count). The van der Waals surface area contributed by atoms with Crippen LogP contribution in [0.2, 0.25) is 0 Å². The van der Waals surface area contributed by atoms with Gasteiger partial charge in [0.05, 0.1) is 22.2 Å². The van der Waals surface area contributed by atoms with Gasteiger partial charge in [0.15, 0.2) is 5.82 Å². The van der Waals surface area contributed by atoms with Gasteiger partial charge in [-0.25, -0.2) is 9.97 Å². The molecular weight excluding hydrogens is 739 g/mol. The Kier molecular flexibility index (Phi) is 8.17. The van der Waals surface area contributed by atoms with E-state index in [1.165, 1.54) is 71.2 Å². The summed E-state index contributed by atoms with van der Waals surface area (Å²) in [5.41, 5.74) is 14.3. The molecule has 0 aliphatic heterocycles. The van der Waals surface area contributed by atoms with E-state index < -0.39 is 0 Å². The van der Waals surface area contributed by atoms with Crippen molar-refractivity contribution >= 4 is 54.3 Å². The van der Waals surface area contributed by atoms with Gasteiger partial charge in [-0.1, -0.05) is 164 Å². The Labute approximate surface area is 353 Å². The van der Waals surface area contributed by atoms with Crippen molar-refractivity contribution in [2.24, 2.45) is 0 Å². The normalized spacial score (nSPS) is 11.6. The summed E-state index contributed by atoms with van der Waals surface area (Å²) in [7, 11) is 0. The van der Waals surface area contributed by atoms with Gasteiger partial charge in [0, 0.05) is 33.0 Å². The Hall–Kier alpha value is -8.14. The molecule has 0 aliphatic rings. The summed E-state index contributed by atoms with van der Waals surface area (Å²) < 4.78 is 2.41. The van der Waals surface area contributed by atoms with Gasteiger partial charge in [0.25, 0.3) is 0 Å². The topological polar surface area (TPSA) is 30.7 Å². The van der Waals surface area contributed by atoms with Crippen molar-refractivity contribution in [3.05, 3.63) is 224 Å². The lowest BCUT2D eigenvalue weighted by Gasteiger charge is -2.13. The first-order valence-electron chi connectivity index (χ1n) is 20.8. The number of fused-ring (bicyclic) bond motifs is 6. The summed E-state index contributed by atoms with van der Waals surface area (Å²) in [4.78, 5) is 10.6. The maximum absolute atomic E-state index is 5.38. The van der Waals surface area contributed by atoms with Gasteiger partial charge in [-0.05, 0) is 116 Å². The van der Waals surface area contributed by atoms with E-state index in [1.54, 1.807) is 0 Å². The van der Waals surface area contributed by atoms with E-state index in [2.05, 4.69) is 229 Å². The van der Waals surface area contributed by atoms with Crippen molar-refractivity contribution in [3.63, 3.8) is 0 Å². The molecule has 0 spiro atoms. The molecule has 12 aromatic rings. The maximum Gasteiger partial charge on any atom is 0.160 e. The van der Waals surface area contributed by atoms with Gasteiger partial charge in [0.2, 0.25) is 0 Å². The summed E-state index contributed by atoms with van der Waals surface area (Å²) in [5.74, 6) is 0.694. The standard InChI is InChI=1S/C58H37N3/c1-3-11-38(12-4-1)41-19-22-42(23-20-41)57-53-35-48(47-24-21-40-15-7-8-16-44(40)33-47)28-32-54(53)59-58(60-57)43-25-29-50(30-26-43)61-55-37-49(39-13-5-2-6-14-39)27-31-51(55)52-34-45-17-9-10-18-46(45)36-56(52)61/h1-37H. The summed E-state index contributed by atoms with van der Waals surface area (Å²) in [6.45, 7) is 0. The fourth-order valence-electron chi connectivity index (χ4n) is 9.03. The number of nitrogens with zero attached hydrogens (tertiary/aromatic N) is 3. The highest BCUT2D eigenvalue weighted by Crippen LogP contribution is 2.39. The Morgan fingerprint density at radius 1 is 0.279 bits per heavy atom. The van der Waals surface area contributed by atoms with Crippen LogP contribution >= 0.6 is 0 Å². The molecule has 10 aromatic carbocycles. The predicted octanol–water partition coefficient (Wildman–Crippen LogP) is 15.4. The van der Waals surface area contributed by atoms with Crippen LogP contribution in [0.25, 0.3) is 116 Å². The fraction of sp³-hybridized carbons (Fsp3) is 0. The molecular formula is C58H37N3. The van der Waals surface area contributed by atoms with Gasteiger partial charge in [-0.2, -0.15) is 0 Å². The highest BCUT2D eigenvalue weighted by Gasteiger charge is 2.17. The number of hydrogen-bond donors (Lipinski definition) is 0. The first-order valence-corrected chi connectivity index (χ1v) is 20.8. The summed E-state index contributed by atoms with van der Waals surface area (Å²) in [6.07, 6.45) is 0. The number of aromatic nitrogens is 3. The molecule has 0 fully saturated rings. The van der Waals surface area contributed by atoms with Crippen LogP contribution in [0.3, 0.4) is 0 Å². The SMILES string of the molecule is c1ccc(-c2ccc(-c3nc(-c4ccc(-n5c6cc(-c7ccccc7)ccc6c6cc7ccccc7cc65)cc4)nc4ccc(-c5ccc6ccccc6c5)cc34)cc2)cc1. The number of hydrogen-bond acceptors (Lipinski definition) is 2. The molecule has 284 valence electrons. The minimum absolute atomic E-state index is 0.694. The van der Waals surface area contributed by atoms with Crippen LogP contribution in [0.4, 0.5) is 0 Å². The maximum atomic E-state index is 5.38. The van der Waals surface area contributed by atoms with E-state index in [-0.39, 0.29) is 0 Å². The van der Waals surface area contributed by atoms with Crippen LogP contribution in [0.1, 0.15) is 0 Å². The monoisotopic (exact) mass is 775 g/mol. The highest BCUT2D eigenvalue weighted by molar-refractivity contribution is 6.14. The largest absolute Gasteiger partial charge is 0.309 e. The van der Waals surface area contributed by atoms with E-state index in [0.29, 0.717) is 5.82 Å². The second-order valence-electron chi connectivity index (χ2n) is 15.8. The quantitative estimate of drug-likeness (QED) is 0.168. The number of rotatable bonds is 6. The summed E-state index contributed by atoms with van der Waals surface area (Å²) in [6, 6.07) is 80.6. The van der Waals surface area contributed by atoms with Gasteiger partial charge in [-0.3, -0.25) is 0 Å². The molecule has 3 heteroatoms. The average molecular weight is 776 g/mol. The van der Waals surface area contributed by atoms with Crippen molar-refractivity contribution in [1.82, 2.24) is 14.5 Å². The molecule has 0 radical (unpaired) electrons. The third kappa shape index (κ3) is 6.14. The molecule has 2 heterocycles. The molecule has 0 amide bonds. The molecule has 0 saturated carbocycles. The minimum atomic E-state index is 0.694. The van der Waals surface area contributed by atoms with Crippen molar-refractivity contribution in [3.8, 4) is 61.7 Å². The lowest BCUT2D eigenvalue weighted by Crippen LogP contribution is -1.97. The fourth-order valence-corrected chi connectivity index (χ4v) is 9.03. The van der Waals surface area contributed by atoms with Crippen molar-refractivity contribution < 1.29 is 0 Å². The molecule has 0 aliphatic carbocycles. The van der Waals surface area contributed by atoms with Gasteiger partial charge in [0.1, 0.15) is 0 Å². The van der Waals surface area contributed by atoms with E-state index in [9.17, 15) is 0 Å². The first kappa shape index (κ1) is 34.9. The second kappa shape index (κ2) is 14.3. The third-order valence-corrected chi connectivity index (χ3v) is 12.2. The Bertz CT molecular complexity index is 3610. The molecule has 0 saturated heterocycles. The van der Waals surface area contributed by atoms with Crippen LogP contribution in [0.15, 0.2) is 224 Å². The van der Waals surface area contributed by atoms with Crippen LogP contribution in [-0.4, -0.2) is 14.5 Å². The van der Waals surface area contributed by atoms with Crippen molar-refractivity contribution in [1.29, 1.82) is 0 Å². The zero-order chi connectivity index (χ0) is 40.3. The second-order valence-corrected chi connectivity index (χ2v) is 15.8. The molecule has 0 unspecified atom stereocenters. The smallest absolute Gasteiger partial charge is 0.160 e. The minimum Gasteiger partial charge on any atom is -0.309 e. The Balaban J connectivity index is 1.00. The first-order chi connectivity index (χ1) is 30.2. The van der Waals surface area contributed by atoms with Gasteiger partial charge in [-0.15, -0.1) is 0 Å². The lowest BCUT2D eigenvalue weighted by atomic mass is 9.97. The molecule has 2 aromatic heterocycles. The average Bonchev–Trinajstić information content (AvgIpc) is 3.65. The Morgan fingerprint density at radius 2 is 0.787 bits per heavy atom.